The van der Waals surface area contributed by atoms with E-state index in [0.717, 1.165) is 38.3 Å². The number of amides is 2. The van der Waals surface area contributed by atoms with Gasteiger partial charge in [-0.3, -0.25) is 14.5 Å². The molecule has 1 aliphatic heterocycles. The number of benzene rings is 3. The van der Waals surface area contributed by atoms with Gasteiger partial charge in [0.15, 0.2) is 0 Å². The molecule has 0 N–H and O–H groups in total. The zero-order chi connectivity index (χ0) is 24.7. The lowest BCUT2D eigenvalue weighted by Gasteiger charge is -2.13. The Labute approximate surface area is 229 Å². The van der Waals surface area contributed by atoms with E-state index in [1.807, 2.05) is 48.7 Å². The Bertz CT molecular complexity index is 1520. The lowest BCUT2D eigenvalue weighted by Crippen LogP contribution is -2.27. The molecule has 176 valence electrons. The lowest BCUT2D eigenvalue weighted by molar-refractivity contribution is -0.123. The summed E-state index contributed by atoms with van der Waals surface area (Å²) in [5.41, 5.74) is 3.62. The minimum Gasteiger partial charge on any atom is -0.342 e. The van der Waals surface area contributed by atoms with Gasteiger partial charge in [0.05, 0.1) is 11.4 Å². The first-order valence-corrected chi connectivity index (χ1v) is 13.2. The summed E-state index contributed by atoms with van der Waals surface area (Å²) in [5, 5.41) is 2.23. The van der Waals surface area contributed by atoms with Gasteiger partial charge in [-0.05, 0) is 71.4 Å². The van der Waals surface area contributed by atoms with E-state index in [1.165, 1.54) is 4.90 Å². The van der Waals surface area contributed by atoms with Gasteiger partial charge in [-0.25, -0.2) is 0 Å². The predicted octanol–water partition coefficient (Wildman–Crippen LogP) is 8.65. The number of rotatable bonds is 5. The average molecular weight is 607 g/mol. The minimum atomic E-state index is -0.348. The van der Waals surface area contributed by atoms with Gasteiger partial charge in [-0.2, -0.15) is 0 Å². The molecule has 9 heteroatoms. The number of halogens is 4. The molecule has 0 spiro atoms. The monoisotopic (exact) mass is 604 g/mol. The molecule has 2 amide bonds. The van der Waals surface area contributed by atoms with Crippen LogP contribution in [0.4, 0.5) is 4.79 Å². The van der Waals surface area contributed by atoms with Crippen LogP contribution in [0.5, 0.6) is 0 Å². The Balaban J connectivity index is 1.48. The fourth-order valence-electron chi connectivity index (χ4n) is 3.93. The minimum absolute atomic E-state index is 0.0852. The second-order valence-corrected chi connectivity index (χ2v) is 11.2. The summed E-state index contributed by atoms with van der Waals surface area (Å²) in [4.78, 5) is 27.4. The van der Waals surface area contributed by atoms with E-state index in [-0.39, 0.29) is 17.7 Å². The van der Waals surface area contributed by atoms with Crippen molar-refractivity contribution in [2.75, 3.05) is 0 Å². The summed E-state index contributed by atoms with van der Waals surface area (Å²) in [6, 6.07) is 18.7. The van der Waals surface area contributed by atoms with Crippen LogP contribution in [0.15, 0.2) is 76.2 Å². The summed E-state index contributed by atoms with van der Waals surface area (Å²) >= 11 is 22.7. The van der Waals surface area contributed by atoms with Gasteiger partial charge in [0.2, 0.25) is 0 Å². The van der Waals surface area contributed by atoms with E-state index in [4.69, 9.17) is 34.8 Å². The topological polar surface area (TPSA) is 42.3 Å². The number of carbonyl (C=O) groups excluding carboxylic acids is 2. The van der Waals surface area contributed by atoms with Crippen LogP contribution in [-0.2, 0) is 17.9 Å². The molecule has 0 bridgehead atoms. The number of imide groups is 1. The Kier molecular flexibility index (Phi) is 7.02. The quantitative estimate of drug-likeness (QED) is 0.214. The van der Waals surface area contributed by atoms with Crippen molar-refractivity contribution >= 4 is 90.6 Å². The molecule has 1 fully saturated rings. The van der Waals surface area contributed by atoms with Gasteiger partial charge in [0.1, 0.15) is 0 Å². The molecule has 0 unspecified atom stereocenters. The molecule has 4 nitrogen and oxygen atoms in total. The third-order valence-corrected chi connectivity index (χ3v) is 7.88. The summed E-state index contributed by atoms with van der Waals surface area (Å²) in [7, 11) is 0. The normalized spacial score (nSPS) is 15.1. The molecule has 1 saturated heterocycles. The maximum atomic E-state index is 13.2. The number of fused-ring (bicyclic) bond motifs is 1. The molecule has 5 rings (SSSR count). The van der Waals surface area contributed by atoms with Crippen molar-refractivity contribution in [1.29, 1.82) is 0 Å². The van der Waals surface area contributed by atoms with Crippen LogP contribution >= 0.6 is 62.5 Å². The number of carbonyl (C=O) groups is 2. The molecule has 0 aliphatic carbocycles. The predicted molar refractivity (Wildman–Crippen MR) is 148 cm³/mol. The van der Waals surface area contributed by atoms with Gasteiger partial charge < -0.3 is 4.57 Å². The Morgan fingerprint density at radius 2 is 1.63 bits per heavy atom. The van der Waals surface area contributed by atoms with Crippen molar-refractivity contribution in [1.82, 2.24) is 9.47 Å². The van der Waals surface area contributed by atoms with Crippen molar-refractivity contribution in [3.8, 4) is 0 Å². The van der Waals surface area contributed by atoms with Crippen LogP contribution in [-0.4, -0.2) is 20.6 Å². The first-order chi connectivity index (χ1) is 16.8. The van der Waals surface area contributed by atoms with Gasteiger partial charge in [0.25, 0.3) is 11.1 Å². The molecule has 0 saturated carbocycles. The van der Waals surface area contributed by atoms with E-state index in [0.29, 0.717) is 32.1 Å². The van der Waals surface area contributed by atoms with Gasteiger partial charge >= 0.3 is 0 Å². The van der Waals surface area contributed by atoms with Crippen molar-refractivity contribution < 1.29 is 9.59 Å². The third-order valence-electron chi connectivity index (χ3n) is 5.64. The molecule has 1 aliphatic rings. The second-order valence-electron chi connectivity index (χ2n) is 8.00. The van der Waals surface area contributed by atoms with Crippen LogP contribution in [0.1, 0.15) is 16.7 Å². The van der Waals surface area contributed by atoms with Gasteiger partial charge in [0, 0.05) is 48.7 Å². The van der Waals surface area contributed by atoms with E-state index in [1.54, 1.807) is 24.3 Å². The molecular formula is C26H16BrCl3N2O2S. The molecule has 2 heterocycles. The molecule has 3 aromatic carbocycles. The van der Waals surface area contributed by atoms with Crippen molar-refractivity contribution in [3.05, 3.63) is 108 Å². The van der Waals surface area contributed by atoms with Crippen LogP contribution in [0.2, 0.25) is 15.1 Å². The fraction of sp³-hybridized carbons (Fsp3) is 0.0769. The molecule has 4 aromatic rings. The zero-order valence-corrected chi connectivity index (χ0v) is 22.6. The molecule has 0 radical (unpaired) electrons. The van der Waals surface area contributed by atoms with Crippen molar-refractivity contribution in [3.63, 3.8) is 0 Å². The van der Waals surface area contributed by atoms with Crippen molar-refractivity contribution in [2.24, 2.45) is 0 Å². The second kappa shape index (κ2) is 10.0. The summed E-state index contributed by atoms with van der Waals surface area (Å²) in [5.74, 6) is -0.348. The smallest absolute Gasteiger partial charge is 0.293 e. The highest BCUT2D eigenvalue weighted by atomic mass is 79.9. The highest BCUT2D eigenvalue weighted by molar-refractivity contribution is 9.10. The van der Waals surface area contributed by atoms with Crippen LogP contribution in [0.3, 0.4) is 0 Å². The molecule has 1 aromatic heterocycles. The maximum Gasteiger partial charge on any atom is 0.293 e. The van der Waals surface area contributed by atoms with E-state index in [9.17, 15) is 9.59 Å². The van der Waals surface area contributed by atoms with Gasteiger partial charge in [-0.15, -0.1) is 0 Å². The number of aromatic nitrogens is 1. The average Bonchev–Trinajstić information content (AvgIpc) is 3.28. The summed E-state index contributed by atoms with van der Waals surface area (Å²) in [6.45, 7) is 0.724. The molecule has 35 heavy (non-hydrogen) atoms. The van der Waals surface area contributed by atoms with Crippen LogP contribution < -0.4 is 0 Å². The fourth-order valence-corrected chi connectivity index (χ4v) is 5.71. The number of nitrogens with zero attached hydrogens (tertiary/aromatic N) is 2. The van der Waals surface area contributed by atoms with E-state index < -0.39 is 0 Å². The Morgan fingerprint density at radius 3 is 2.37 bits per heavy atom. The summed E-state index contributed by atoms with van der Waals surface area (Å²) in [6.07, 6.45) is 3.78. The Hall–Kier alpha value is -2.22. The highest BCUT2D eigenvalue weighted by Gasteiger charge is 2.35. The number of hydrogen-bond donors (Lipinski definition) is 0. The SMILES string of the molecule is O=C1S/C(=C\c2cn(Cc3ccc(Cl)cc3)c3ccc(Br)cc23)C(=O)N1Cc1ccc(Cl)cc1Cl. The van der Waals surface area contributed by atoms with Crippen molar-refractivity contribution in [2.45, 2.75) is 13.1 Å². The maximum absolute atomic E-state index is 13.2. The standard InChI is InChI=1S/C26H16BrCl3N2O2S/c27-18-4-8-23-21(10-18)17(13-31(23)12-15-1-5-19(28)6-2-15)9-24-25(33)32(26(34)35-24)14-16-3-7-20(29)11-22(16)30/h1-11,13H,12,14H2/b24-9-. The third kappa shape index (κ3) is 5.18. The first kappa shape index (κ1) is 24.5. The Morgan fingerprint density at radius 1 is 0.886 bits per heavy atom. The number of thioether (sulfide) groups is 1. The highest BCUT2D eigenvalue weighted by Crippen LogP contribution is 2.36. The first-order valence-electron chi connectivity index (χ1n) is 10.5. The lowest BCUT2D eigenvalue weighted by atomic mass is 10.1. The van der Waals surface area contributed by atoms with Crippen LogP contribution in [0, 0.1) is 0 Å². The van der Waals surface area contributed by atoms with Gasteiger partial charge in [-0.1, -0.05) is 68.9 Å². The van der Waals surface area contributed by atoms with E-state index in [2.05, 4.69) is 20.5 Å². The number of hydrogen-bond acceptors (Lipinski definition) is 3. The molecular weight excluding hydrogens is 591 g/mol. The summed E-state index contributed by atoms with van der Waals surface area (Å²) < 4.78 is 3.04. The largest absolute Gasteiger partial charge is 0.342 e. The zero-order valence-electron chi connectivity index (χ0n) is 18.0. The molecule has 0 atom stereocenters. The van der Waals surface area contributed by atoms with Crippen LogP contribution in [0.25, 0.3) is 17.0 Å². The van der Waals surface area contributed by atoms with E-state index >= 15 is 0 Å².